The number of pyridine rings is 1. The van der Waals surface area contributed by atoms with Gasteiger partial charge in [0.05, 0.1) is 43.8 Å². The van der Waals surface area contributed by atoms with Crippen LogP contribution in [0.1, 0.15) is 77.0 Å². The van der Waals surface area contributed by atoms with Gasteiger partial charge in [-0.05, 0) is 86.9 Å². The number of hydrogen-bond acceptors (Lipinski definition) is 14. The van der Waals surface area contributed by atoms with Gasteiger partial charge in [0.2, 0.25) is 23.6 Å². The number of nitrogens with zero attached hydrogens (tertiary/aromatic N) is 5. The molecule has 21 nitrogen and oxygen atoms in total. The van der Waals surface area contributed by atoms with E-state index < -0.39 is 23.4 Å². The van der Waals surface area contributed by atoms with Gasteiger partial charge in [-0.15, -0.1) is 0 Å². The molecule has 0 radical (unpaired) electrons. The number of unbranched alkanes of at least 4 members (excludes halogenated alkanes) is 2. The molecule has 73 heavy (non-hydrogen) atoms. The summed E-state index contributed by atoms with van der Waals surface area (Å²) in [6.45, 7) is 7.85. The Morgan fingerprint density at radius 1 is 0.932 bits per heavy atom. The first kappa shape index (κ1) is 51.8. The number of fused-ring (bicyclic) bond motifs is 2. The predicted molar refractivity (Wildman–Crippen MR) is 268 cm³/mol. The maximum atomic E-state index is 14.3. The predicted octanol–water partition coefficient (Wildman–Crippen LogP) is 3.94. The van der Waals surface area contributed by atoms with E-state index in [1.165, 1.54) is 12.2 Å². The average molecular weight is 1010 g/mol. The number of benzene rings is 2. The first-order valence-corrected chi connectivity index (χ1v) is 24.9. The van der Waals surface area contributed by atoms with E-state index in [1.54, 1.807) is 69.2 Å². The van der Waals surface area contributed by atoms with Crippen LogP contribution in [0.4, 0.5) is 27.7 Å². The molecule has 3 aromatic rings. The maximum Gasteiger partial charge on any atom is 0.410 e. The molecule has 2 fully saturated rings. The van der Waals surface area contributed by atoms with Gasteiger partial charge < -0.3 is 50.6 Å². The molecular formula is C52H64N10O11. The summed E-state index contributed by atoms with van der Waals surface area (Å²) in [6, 6.07) is 15.8. The number of carbonyl (C=O) groups excluding carboxylic acids is 8. The van der Waals surface area contributed by atoms with E-state index in [0.29, 0.717) is 79.6 Å². The van der Waals surface area contributed by atoms with E-state index >= 15 is 0 Å². The third kappa shape index (κ3) is 12.4. The molecule has 0 bridgehead atoms. The Balaban J connectivity index is 0.837. The molecular weight excluding hydrogens is 941 g/mol. The molecule has 1 aliphatic carbocycles. The van der Waals surface area contributed by atoms with Crippen LogP contribution >= 0.6 is 0 Å². The van der Waals surface area contributed by atoms with Crippen LogP contribution in [0.2, 0.25) is 0 Å². The maximum absolute atomic E-state index is 14.3. The van der Waals surface area contributed by atoms with Crippen LogP contribution in [0.5, 0.6) is 11.5 Å². The van der Waals surface area contributed by atoms with Crippen LogP contribution in [0, 0.1) is 11.3 Å². The Morgan fingerprint density at radius 3 is 2.42 bits per heavy atom. The summed E-state index contributed by atoms with van der Waals surface area (Å²) in [5.41, 5.74) is 1.83. The Labute approximate surface area is 423 Å². The molecule has 388 valence electrons. The van der Waals surface area contributed by atoms with Crippen molar-refractivity contribution in [2.75, 3.05) is 80.4 Å². The number of anilines is 4. The molecule has 8 amide bonds. The highest BCUT2D eigenvalue weighted by Crippen LogP contribution is 2.54. The Hall–Kier alpha value is -7.55. The molecule has 2 unspecified atom stereocenters. The topological polar surface area (TPSA) is 250 Å². The minimum Gasteiger partial charge on any atom is -0.497 e. The van der Waals surface area contributed by atoms with E-state index in [1.807, 2.05) is 23.1 Å². The fourth-order valence-corrected chi connectivity index (χ4v) is 9.70. The van der Waals surface area contributed by atoms with Crippen molar-refractivity contribution in [3.8, 4) is 11.5 Å². The van der Waals surface area contributed by atoms with E-state index in [4.69, 9.17) is 14.2 Å². The van der Waals surface area contributed by atoms with Gasteiger partial charge in [0.25, 0.3) is 17.7 Å². The van der Waals surface area contributed by atoms with E-state index in [0.717, 1.165) is 35.7 Å². The van der Waals surface area contributed by atoms with Crippen molar-refractivity contribution in [3.05, 3.63) is 78.0 Å². The van der Waals surface area contributed by atoms with Crippen molar-refractivity contribution >= 4 is 70.3 Å². The van der Waals surface area contributed by atoms with Crippen LogP contribution in [-0.4, -0.2) is 138 Å². The van der Waals surface area contributed by atoms with Crippen LogP contribution in [0.15, 0.2) is 66.7 Å². The van der Waals surface area contributed by atoms with Gasteiger partial charge in [-0.1, -0.05) is 32.4 Å². The fraction of sp³-hybridized carbons (Fsp3) is 0.481. The molecule has 4 aliphatic heterocycles. The second-order valence-corrected chi connectivity index (χ2v) is 19.7. The highest BCUT2D eigenvalue weighted by Gasteiger charge is 2.55. The number of aromatic nitrogens is 1. The molecule has 1 saturated carbocycles. The zero-order chi connectivity index (χ0) is 51.9. The van der Waals surface area contributed by atoms with E-state index in [9.17, 15) is 38.4 Å². The van der Waals surface area contributed by atoms with Crippen molar-refractivity contribution in [3.63, 3.8) is 0 Å². The van der Waals surface area contributed by atoms with Crippen molar-refractivity contribution in [1.29, 1.82) is 0 Å². The fourth-order valence-electron chi connectivity index (χ4n) is 9.70. The lowest BCUT2D eigenvalue weighted by Gasteiger charge is -2.44. The molecule has 5 aliphatic rings. The molecule has 2 atom stereocenters. The number of hydrogen-bond donors (Lipinski definition) is 5. The number of imide groups is 1. The second-order valence-electron chi connectivity index (χ2n) is 19.7. The van der Waals surface area contributed by atoms with Crippen LogP contribution in [0.3, 0.4) is 0 Å². The highest BCUT2D eigenvalue weighted by atomic mass is 16.6. The minimum absolute atomic E-state index is 0.0189. The van der Waals surface area contributed by atoms with Gasteiger partial charge in [-0.25, -0.2) is 9.78 Å². The van der Waals surface area contributed by atoms with E-state index in [2.05, 4.69) is 36.5 Å². The zero-order valence-electron chi connectivity index (χ0n) is 41.8. The molecule has 21 heteroatoms. The summed E-state index contributed by atoms with van der Waals surface area (Å²) in [5, 5.41) is 14.2. The smallest absolute Gasteiger partial charge is 0.410 e. The van der Waals surface area contributed by atoms with Crippen LogP contribution in [-0.2, 0) is 51.5 Å². The third-order valence-electron chi connectivity index (χ3n) is 14.4. The number of likely N-dealkylation sites (tertiary alicyclic amines) is 1. The number of amides is 8. The van der Waals surface area contributed by atoms with Crippen molar-refractivity contribution in [2.45, 2.75) is 90.4 Å². The molecule has 2 aromatic carbocycles. The van der Waals surface area contributed by atoms with Crippen molar-refractivity contribution < 1.29 is 52.6 Å². The van der Waals surface area contributed by atoms with Crippen LogP contribution < -0.4 is 41.0 Å². The summed E-state index contributed by atoms with van der Waals surface area (Å²) >= 11 is 0. The summed E-state index contributed by atoms with van der Waals surface area (Å²) in [6.07, 6.45) is 6.23. The minimum atomic E-state index is -1.30. The monoisotopic (exact) mass is 1000 g/mol. The number of piperidine rings is 1. The lowest BCUT2D eigenvalue weighted by atomic mass is 9.87. The number of rotatable bonds is 21. The lowest BCUT2D eigenvalue weighted by molar-refractivity contribution is -0.137. The Morgan fingerprint density at radius 2 is 1.70 bits per heavy atom. The summed E-state index contributed by atoms with van der Waals surface area (Å²) < 4.78 is 17.0. The second kappa shape index (κ2) is 22.5. The van der Waals surface area contributed by atoms with Crippen molar-refractivity contribution in [2.24, 2.45) is 11.3 Å². The number of ether oxygens (including phenoxy) is 3. The van der Waals surface area contributed by atoms with E-state index in [-0.39, 0.29) is 92.7 Å². The van der Waals surface area contributed by atoms with Gasteiger partial charge >= 0.3 is 6.09 Å². The molecule has 5 N–H and O–H groups in total. The SMILES string of the molecule is COc1ccc2c(c1)N(CCN1CCC(N(Cc3ccc4c(n3)NC(=O)CO4)C(=O)OCc3ccc(NC(=O)CNC(=O)C(C)(NC(=O)CCCCCN4C(=O)C=CC4=O)C(C)C)cc3)C3(CC3)C1)C(=O)CN2. The number of nitrogens with one attached hydrogen (secondary N) is 5. The van der Waals surface area contributed by atoms with Gasteiger partial charge in [-0.2, -0.15) is 0 Å². The summed E-state index contributed by atoms with van der Waals surface area (Å²) in [5.74, 6) is -1.27. The number of methoxy groups -OCH3 is 1. The van der Waals surface area contributed by atoms with Gasteiger partial charge in [0, 0.05) is 74.5 Å². The average Bonchev–Trinajstić information content (AvgIpc) is 4.06. The van der Waals surface area contributed by atoms with Gasteiger partial charge in [0.1, 0.15) is 17.9 Å². The normalized spacial score (nSPS) is 18.5. The molecule has 5 heterocycles. The molecule has 1 saturated heterocycles. The first-order valence-electron chi connectivity index (χ1n) is 24.9. The highest BCUT2D eigenvalue weighted by molar-refractivity contribution is 6.12. The van der Waals surface area contributed by atoms with Gasteiger partial charge in [0.15, 0.2) is 18.2 Å². The molecule has 1 aromatic heterocycles. The van der Waals surface area contributed by atoms with Crippen molar-refractivity contribution in [1.82, 2.24) is 30.3 Å². The quantitative estimate of drug-likeness (QED) is 0.0750. The third-order valence-corrected chi connectivity index (χ3v) is 14.4. The number of carbonyl (C=O) groups is 8. The Bertz CT molecular complexity index is 2640. The Kier molecular flexibility index (Phi) is 15.9. The molecule has 1 spiro atoms. The first-order chi connectivity index (χ1) is 35.0. The lowest BCUT2D eigenvalue weighted by Crippen LogP contribution is -2.60. The van der Waals surface area contributed by atoms with Gasteiger partial charge in [-0.3, -0.25) is 43.4 Å². The largest absolute Gasteiger partial charge is 0.497 e. The zero-order valence-corrected chi connectivity index (χ0v) is 41.8. The summed E-state index contributed by atoms with van der Waals surface area (Å²) in [7, 11) is 1.60. The standard InChI is InChI=1S/C52H64N10O11/c1-33(2)51(3,58-42(63)8-6-5-7-22-61-45(66)17-18-46(61)67)49(69)54-27-43(64)55-35-11-9-34(10-12-35)30-73-50(70)62(29-36-13-16-40-48(56-36)57-44(65)31-72-40)41-19-23-59(32-52(41)20-21-52)24-25-60-39-26-37(71-4)14-15-38(39)53-28-47(60)68/h9-18,26,33,41,53H,5-8,19-25,27-32H2,1-4H3,(H,54,69)(H,55,64)(H,58,63)(H,56,57,65). The van der Waals surface area contributed by atoms with Crippen LogP contribution in [0.25, 0.3) is 0 Å². The molecule has 8 rings (SSSR count). The summed E-state index contributed by atoms with van der Waals surface area (Å²) in [4.78, 5) is 114.